The fourth-order valence-corrected chi connectivity index (χ4v) is 3.70. The molecule has 1 heterocycles. The van der Waals surface area contributed by atoms with Gasteiger partial charge in [0.15, 0.2) is 9.84 Å². The Morgan fingerprint density at radius 2 is 1.88 bits per heavy atom. The minimum absolute atomic E-state index is 0.141. The Labute approximate surface area is 144 Å². The summed E-state index contributed by atoms with van der Waals surface area (Å²) in [6, 6.07) is 0. The molecule has 1 atom stereocenters. The molecule has 0 fully saturated rings. The summed E-state index contributed by atoms with van der Waals surface area (Å²) in [5.74, 6) is 1.22. The number of nitrogens with zero attached hydrogens (tertiary/aromatic N) is 2. The zero-order valence-electron chi connectivity index (χ0n) is 15.1. The lowest BCUT2D eigenvalue weighted by Crippen LogP contribution is -2.28. The van der Waals surface area contributed by atoms with Crippen molar-refractivity contribution in [3.05, 3.63) is 35.2 Å². The Morgan fingerprint density at radius 3 is 2.46 bits per heavy atom. The van der Waals surface area contributed by atoms with Crippen molar-refractivity contribution in [1.29, 1.82) is 0 Å². The molecule has 2 N–H and O–H groups in total. The SMILES string of the molecule is CC1=CC=C(Nc2nc(NC(C)(C)C)ncc2C)CC1S(C)(=O)=O. The lowest BCUT2D eigenvalue weighted by Gasteiger charge is -2.24. The summed E-state index contributed by atoms with van der Waals surface area (Å²) in [5.41, 5.74) is 2.45. The smallest absolute Gasteiger partial charge is 0.225 e. The van der Waals surface area contributed by atoms with Crippen molar-refractivity contribution in [2.45, 2.75) is 51.8 Å². The van der Waals surface area contributed by atoms with Crippen molar-refractivity contribution in [2.24, 2.45) is 0 Å². The first-order chi connectivity index (χ1) is 11.0. The van der Waals surface area contributed by atoms with Crippen LogP contribution in [-0.4, -0.2) is 35.4 Å². The van der Waals surface area contributed by atoms with Gasteiger partial charge in [0.1, 0.15) is 5.82 Å². The van der Waals surface area contributed by atoms with Crippen molar-refractivity contribution in [3.63, 3.8) is 0 Å². The average molecular weight is 350 g/mol. The molecule has 1 unspecified atom stereocenters. The Bertz CT molecular complexity index is 789. The zero-order valence-corrected chi connectivity index (χ0v) is 16.0. The van der Waals surface area contributed by atoms with Crippen LogP contribution in [0.5, 0.6) is 0 Å². The molecule has 0 aliphatic heterocycles. The molecule has 1 aliphatic carbocycles. The first-order valence-corrected chi connectivity index (χ1v) is 9.86. The molecule has 0 amide bonds. The molecule has 0 aromatic carbocycles. The highest BCUT2D eigenvalue weighted by Crippen LogP contribution is 2.26. The van der Waals surface area contributed by atoms with Gasteiger partial charge < -0.3 is 10.6 Å². The Morgan fingerprint density at radius 1 is 1.21 bits per heavy atom. The summed E-state index contributed by atoms with van der Waals surface area (Å²) in [5, 5.41) is 6.01. The quantitative estimate of drug-likeness (QED) is 0.868. The number of allylic oxidation sites excluding steroid dienone is 3. The van der Waals surface area contributed by atoms with E-state index >= 15 is 0 Å². The number of aryl methyl sites for hydroxylation is 1. The Hall–Kier alpha value is -1.89. The largest absolute Gasteiger partial charge is 0.350 e. The van der Waals surface area contributed by atoms with Crippen LogP contribution in [0.15, 0.2) is 29.6 Å². The van der Waals surface area contributed by atoms with Crippen molar-refractivity contribution < 1.29 is 8.42 Å². The normalized spacial score (nSPS) is 18.7. The van der Waals surface area contributed by atoms with E-state index in [4.69, 9.17) is 0 Å². The zero-order chi connectivity index (χ0) is 18.1. The topological polar surface area (TPSA) is 84.0 Å². The molecule has 0 radical (unpaired) electrons. The standard InChI is InChI=1S/C17H26N4O2S/c1-11-7-8-13(9-14(11)24(6,22)23)19-15-12(2)10-18-16(20-15)21-17(3,4)5/h7-8,10,14H,9H2,1-6H3,(H2,18,19,20,21). The van der Waals surface area contributed by atoms with Crippen LogP contribution in [0.25, 0.3) is 0 Å². The number of sulfone groups is 1. The van der Waals surface area contributed by atoms with Gasteiger partial charge in [0.2, 0.25) is 5.95 Å². The molecule has 7 heteroatoms. The number of nitrogens with one attached hydrogen (secondary N) is 2. The highest BCUT2D eigenvalue weighted by Gasteiger charge is 2.26. The Balaban J connectivity index is 2.24. The third kappa shape index (κ3) is 4.80. The van der Waals surface area contributed by atoms with Crippen LogP contribution in [0.1, 0.15) is 39.7 Å². The van der Waals surface area contributed by atoms with E-state index in [1.165, 1.54) is 6.26 Å². The van der Waals surface area contributed by atoms with Gasteiger partial charge in [-0.1, -0.05) is 11.6 Å². The van der Waals surface area contributed by atoms with Gasteiger partial charge in [0.05, 0.1) is 5.25 Å². The van der Waals surface area contributed by atoms with E-state index < -0.39 is 15.1 Å². The fraction of sp³-hybridized carbons (Fsp3) is 0.529. The van der Waals surface area contributed by atoms with Gasteiger partial charge in [-0.25, -0.2) is 13.4 Å². The summed E-state index contributed by atoms with van der Waals surface area (Å²) >= 11 is 0. The highest BCUT2D eigenvalue weighted by molar-refractivity contribution is 7.91. The van der Waals surface area contributed by atoms with E-state index in [0.29, 0.717) is 18.2 Å². The minimum Gasteiger partial charge on any atom is -0.350 e. The summed E-state index contributed by atoms with van der Waals surface area (Å²) < 4.78 is 23.9. The number of rotatable bonds is 4. The molecule has 1 aromatic heterocycles. The minimum atomic E-state index is -3.14. The van der Waals surface area contributed by atoms with Crippen molar-refractivity contribution in [3.8, 4) is 0 Å². The van der Waals surface area contributed by atoms with E-state index in [9.17, 15) is 8.42 Å². The lowest BCUT2D eigenvalue weighted by atomic mass is 10.0. The molecule has 6 nitrogen and oxygen atoms in total. The molecule has 0 saturated heterocycles. The molecule has 0 saturated carbocycles. The van der Waals surface area contributed by atoms with E-state index in [-0.39, 0.29) is 5.54 Å². The van der Waals surface area contributed by atoms with Gasteiger partial charge in [-0.3, -0.25) is 0 Å². The second-order valence-electron chi connectivity index (χ2n) is 7.35. The van der Waals surface area contributed by atoms with Crippen LogP contribution < -0.4 is 10.6 Å². The molecule has 1 aromatic rings. The van der Waals surface area contributed by atoms with Gasteiger partial charge in [0.25, 0.3) is 0 Å². The van der Waals surface area contributed by atoms with Crippen LogP contribution in [0, 0.1) is 6.92 Å². The molecule has 0 spiro atoms. The van der Waals surface area contributed by atoms with Crippen molar-refractivity contribution in [2.75, 3.05) is 16.9 Å². The summed E-state index contributed by atoms with van der Waals surface area (Å²) in [7, 11) is -3.14. The lowest BCUT2D eigenvalue weighted by molar-refractivity contribution is 0.590. The van der Waals surface area contributed by atoms with Crippen molar-refractivity contribution >= 4 is 21.6 Å². The number of aromatic nitrogens is 2. The monoisotopic (exact) mass is 350 g/mol. The maximum absolute atomic E-state index is 11.9. The first kappa shape index (κ1) is 18.4. The number of hydrogen-bond donors (Lipinski definition) is 2. The highest BCUT2D eigenvalue weighted by atomic mass is 32.2. The Kier molecular flexibility index (Phi) is 5.03. The average Bonchev–Trinajstić information content (AvgIpc) is 2.42. The third-order valence-corrected chi connectivity index (χ3v) is 5.29. The van der Waals surface area contributed by atoms with Gasteiger partial charge in [0, 0.05) is 35.7 Å². The van der Waals surface area contributed by atoms with Crippen LogP contribution >= 0.6 is 0 Å². The van der Waals surface area contributed by atoms with Gasteiger partial charge >= 0.3 is 0 Å². The molecule has 132 valence electrons. The second-order valence-corrected chi connectivity index (χ2v) is 9.58. The van der Waals surface area contributed by atoms with Crippen LogP contribution in [0.4, 0.5) is 11.8 Å². The predicted octanol–water partition coefficient (Wildman–Crippen LogP) is 3.05. The second kappa shape index (κ2) is 6.55. The van der Waals surface area contributed by atoms with Gasteiger partial charge in [-0.2, -0.15) is 4.98 Å². The maximum atomic E-state index is 11.9. The van der Waals surface area contributed by atoms with Crippen LogP contribution in [-0.2, 0) is 9.84 Å². The van der Waals surface area contributed by atoms with Crippen LogP contribution in [0.2, 0.25) is 0 Å². The molecule has 0 bridgehead atoms. The molecule has 1 aliphatic rings. The molecule has 2 rings (SSSR count). The van der Waals surface area contributed by atoms with Gasteiger partial charge in [-0.15, -0.1) is 0 Å². The predicted molar refractivity (Wildman–Crippen MR) is 98.9 cm³/mol. The maximum Gasteiger partial charge on any atom is 0.225 e. The summed E-state index contributed by atoms with van der Waals surface area (Å²) in [6.45, 7) is 9.88. The van der Waals surface area contributed by atoms with E-state index in [0.717, 1.165) is 16.8 Å². The summed E-state index contributed by atoms with van der Waals surface area (Å²) in [4.78, 5) is 8.81. The summed E-state index contributed by atoms with van der Waals surface area (Å²) in [6.07, 6.45) is 7.21. The number of hydrogen-bond acceptors (Lipinski definition) is 6. The fourth-order valence-electron chi connectivity index (χ4n) is 2.47. The molecule has 24 heavy (non-hydrogen) atoms. The third-order valence-electron chi connectivity index (χ3n) is 3.71. The van der Waals surface area contributed by atoms with Crippen LogP contribution in [0.3, 0.4) is 0 Å². The first-order valence-electron chi connectivity index (χ1n) is 7.91. The van der Waals surface area contributed by atoms with E-state index in [1.54, 1.807) is 6.20 Å². The van der Waals surface area contributed by atoms with E-state index in [2.05, 4.69) is 20.6 Å². The van der Waals surface area contributed by atoms with Gasteiger partial charge in [-0.05, 0) is 40.7 Å². The van der Waals surface area contributed by atoms with Crippen molar-refractivity contribution in [1.82, 2.24) is 9.97 Å². The van der Waals surface area contributed by atoms with E-state index in [1.807, 2.05) is 46.8 Å². The molecular formula is C17H26N4O2S. The number of anilines is 2. The molecular weight excluding hydrogens is 324 g/mol.